The molecule has 0 saturated heterocycles. The van der Waals surface area contributed by atoms with Gasteiger partial charge in [0.25, 0.3) is 11.8 Å². The topological polar surface area (TPSA) is 187 Å². The van der Waals surface area contributed by atoms with E-state index >= 15 is 0 Å². The quantitative estimate of drug-likeness (QED) is 0.0706. The second-order valence-electron chi connectivity index (χ2n) is 17.5. The summed E-state index contributed by atoms with van der Waals surface area (Å²) < 4.78 is 77.7. The second kappa shape index (κ2) is 21.1. The van der Waals surface area contributed by atoms with Crippen molar-refractivity contribution in [3.63, 3.8) is 0 Å². The van der Waals surface area contributed by atoms with Crippen LogP contribution in [0.15, 0.2) is 103 Å². The van der Waals surface area contributed by atoms with Gasteiger partial charge in [0, 0.05) is 93.0 Å². The van der Waals surface area contributed by atoms with Gasteiger partial charge in [-0.3, -0.25) is 19.6 Å². The number of carbonyl (C=O) groups excluding carboxylic acids is 2. The predicted octanol–water partition coefficient (Wildman–Crippen LogP) is 11.7. The molecule has 2 aromatic carbocycles. The van der Waals surface area contributed by atoms with Crippen molar-refractivity contribution in [1.82, 2.24) is 39.9 Å². The van der Waals surface area contributed by atoms with Crippen LogP contribution in [0.1, 0.15) is 86.1 Å². The van der Waals surface area contributed by atoms with Crippen LogP contribution in [-0.2, 0) is 18.8 Å². The Kier molecular flexibility index (Phi) is 14.9. The minimum Gasteiger partial charge on any atom is -0.328 e. The van der Waals surface area contributed by atoms with E-state index < -0.39 is 35.6 Å². The number of alkyl halides is 6. The molecule has 6 aromatic heterocycles. The number of aryl methyl sites for hydroxylation is 4. The van der Waals surface area contributed by atoms with E-state index in [1.54, 1.807) is 36.7 Å². The van der Waals surface area contributed by atoms with Crippen molar-refractivity contribution in [3.05, 3.63) is 148 Å². The first-order valence-electron chi connectivity index (χ1n) is 22.7. The standard InChI is InChI=1S/C26H22F3N5O.C23H18F3N5OS.C3H7N/c1-14-3-6-19(33-25(35)17-7-8-30-22(11-17)26(27,28)29)12-20(14)21-10-18-13-31-23(9-16-4-5-16)34-24(18)32-15(21)2;1-12-4-5-16(30-21(32)14-6-7-27-19(9-14)23(24,25)26)10-17(12)18-8-15-11-28-22(33-3)31-20(15)29-13(18)2;4-3-1-2-3/h3,6-8,10-13,16H,4-5,9H2,1-2H3,(H,33,35);4-11H,1-3H3,(H,30,32);3H,1-2,4H2. The van der Waals surface area contributed by atoms with Crippen LogP contribution in [0.4, 0.5) is 37.7 Å². The van der Waals surface area contributed by atoms with Crippen LogP contribution in [0.5, 0.6) is 0 Å². The molecule has 0 bridgehead atoms. The van der Waals surface area contributed by atoms with Crippen LogP contribution in [0, 0.1) is 33.6 Å². The zero-order valence-corrected chi connectivity index (χ0v) is 40.4. The average Bonchev–Trinajstić information content (AvgIpc) is 4.31. The lowest BCUT2D eigenvalue weighted by Crippen LogP contribution is -2.15. The first-order valence-corrected chi connectivity index (χ1v) is 23.9. The number of aromatic nitrogens is 8. The molecule has 0 unspecified atom stereocenters. The maximum absolute atomic E-state index is 13.0. The SMILES string of the molecule is CSc1ncc2cc(-c3cc(NC(=O)c4ccnc(C(F)(F)F)c4)ccc3C)c(C)nc2n1.Cc1ccc(NC(=O)c2ccnc(C(F)(F)F)c2)cc1-c1cc2cnc(CC3CC3)nc2nc1C.NC1CC1. The van der Waals surface area contributed by atoms with Crippen molar-refractivity contribution in [1.29, 1.82) is 0 Å². The lowest BCUT2D eigenvalue weighted by Gasteiger charge is -2.13. The molecule has 13 nitrogen and oxygen atoms in total. The molecule has 8 aromatic rings. The molecule has 2 fully saturated rings. The summed E-state index contributed by atoms with van der Waals surface area (Å²) in [6.07, 6.45) is 3.93. The number of anilines is 2. The number of thioether (sulfide) groups is 1. The van der Waals surface area contributed by atoms with Gasteiger partial charge in [0.15, 0.2) is 16.5 Å². The van der Waals surface area contributed by atoms with Crippen molar-refractivity contribution >= 4 is 57.0 Å². The molecule has 4 N–H and O–H groups in total. The van der Waals surface area contributed by atoms with Gasteiger partial charge in [-0.15, -0.1) is 0 Å². The number of nitrogens with one attached hydrogen (secondary N) is 2. The van der Waals surface area contributed by atoms with Crippen LogP contribution >= 0.6 is 11.8 Å². The van der Waals surface area contributed by atoms with Crippen LogP contribution in [-0.4, -0.2) is 64.0 Å². The summed E-state index contributed by atoms with van der Waals surface area (Å²) >= 11 is 1.43. The fourth-order valence-corrected chi connectivity index (χ4v) is 7.72. The number of hydrogen-bond acceptors (Lipinski definition) is 12. The Morgan fingerprint density at radius 1 is 0.597 bits per heavy atom. The summed E-state index contributed by atoms with van der Waals surface area (Å²) in [5.74, 6) is 0.174. The highest BCUT2D eigenvalue weighted by Crippen LogP contribution is 2.35. The average molecular weight is 1000 g/mol. The number of nitrogens with zero attached hydrogens (tertiary/aromatic N) is 8. The number of fused-ring (bicyclic) bond motifs is 2. The van der Waals surface area contributed by atoms with Crippen LogP contribution in [0.3, 0.4) is 0 Å². The number of nitrogens with two attached hydrogens (primary N) is 1. The van der Waals surface area contributed by atoms with Crippen molar-refractivity contribution < 1.29 is 35.9 Å². The fraction of sp³-hybridized carbons (Fsp3) is 0.269. The van der Waals surface area contributed by atoms with Gasteiger partial charge in [0.1, 0.15) is 17.2 Å². The molecule has 10 rings (SSSR count). The van der Waals surface area contributed by atoms with E-state index in [1.165, 1.54) is 49.6 Å². The molecule has 0 radical (unpaired) electrons. The highest BCUT2D eigenvalue weighted by Gasteiger charge is 2.34. The van der Waals surface area contributed by atoms with Crippen LogP contribution < -0.4 is 16.4 Å². The monoisotopic (exact) mass is 1000 g/mol. The summed E-state index contributed by atoms with van der Waals surface area (Å²) in [4.78, 5) is 59.0. The van der Waals surface area contributed by atoms with E-state index in [0.29, 0.717) is 39.8 Å². The largest absolute Gasteiger partial charge is 0.433 e. The van der Waals surface area contributed by atoms with Crippen molar-refractivity contribution in [2.45, 2.75) is 83.3 Å². The molecule has 2 amide bonds. The van der Waals surface area contributed by atoms with E-state index in [1.807, 2.05) is 58.2 Å². The molecule has 0 atom stereocenters. The smallest absolute Gasteiger partial charge is 0.328 e. The normalized spacial score (nSPS) is 13.4. The Hall–Kier alpha value is -7.45. The Morgan fingerprint density at radius 3 is 1.49 bits per heavy atom. The Morgan fingerprint density at radius 2 is 1.06 bits per heavy atom. The van der Waals surface area contributed by atoms with Gasteiger partial charge in [-0.25, -0.2) is 29.9 Å². The van der Waals surface area contributed by atoms with Crippen molar-refractivity contribution in [2.75, 3.05) is 16.9 Å². The van der Waals surface area contributed by atoms with Crippen LogP contribution in [0.2, 0.25) is 0 Å². The van der Waals surface area contributed by atoms with Gasteiger partial charge in [0.05, 0.1) is 0 Å². The number of hydrogen-bond donors (Lipinski definition) is 3. The zero-order chi connectivity index (χ0) is 51.5. The molecule has 2 saturated carbocycles. The summed E-state index contributed by atoms with van der Waals surface area (Å²) in [5, 5.41) is 7.57. The summed E-state index contributed by atoms with van der Waals surface area (Å²) in [7, 11) is 0. The van der Waals surface area contributed by atoms with Crippen molar-refractivity contribution in [3.8, 4) is 22.3 Å². The third-order valence-corrected chi connectivity index (χ3v) is 12.3. The van der Waals surface area contributed by atoms with E-state index in [9.17, 15) is 35.9 Å². The zero-order valence-electron chi connectivity index (χ0n) is 39.6. The maximum atomic E-state index is 13.0. The maximum Gasteiger partial charge on any atom is 0.433 e. The molecule has 370 valence electrons. The molecule has 2 aliphatic carbocycles. The Bertz CT molecular complexity index is 3350. The van der Waals surface area contributed by atoms with Gasteiger partial charge in [-0.05, 0) is 148 Å². The van der Waals surface area contributed by atoms with E-state index in [4.69, 9.17) is 10.7 Å². The number of pyridine rings is 4. The summed E-state index contributed by atoms with van der Waals surface area (Å²) in [6.45, 7) is 7.64. The minimum atomic E-state index is -4.63. The number of amides is 2. The predicted molar refractivity (Wildman–Crippen MR) is 264 cm³/mol. The highest BCUT2D eigenvalue weighted by atomic mass is 32.2. The summed E-state index contributed by atoms with van der Waals surface area (Å²) in [5.41, 5.74) is 11.7. The molecule has 20 heteroatoms. The second-order valence-corrected chi connectivity index (χ2v) is 18.3. The van der Waals surface area contributed by atoms with Gasteiger partial charge < -0.3 is 16.4 Å². The molecular weight excluding hydrogens is 957 g/mol. The lowest BCUT2D eigenvalue weighted by molar-refractivity contribution is -0.142. The third kappa shape index (κ3) is 12.7. The Labute approximate surface area is 414 Å². The van der Waals surface area contributed by atoms with E-state index in [0.717, 1.165) is 92.3 Å². The Balaban J connectivity index is 0.000000179. The van der Waals surface area contributed by atoms with Crippen LogP contribution in [0.25, 0.3) is 44.3 Å². The fourth-order valence-electron chi connectivity index (χ4n) is 7.38. The third-order valence-electron chi connectivity index (χ3n) is 11.7. The first-order chi connectivity index (χ1) is 34.2. The number of benzene rings is 2. The molecule has 72 heavy (non-hydrogen) atoms. The lowest BCUT2D eigenvalue weighted by atomic mass is 9.98. The first kappa shape index (κ1) is 50.9. The van der Waals surface area contributed by atoms with Gasteiger partial charge in [-0.2, -0.15) is 26.3 Å². The minimum absolute atomic E-state index is 0.128. The number of halogens is 6. The molecule has 2 aliphatic rings. The van der Waals surface area contributed by atoms with E-state index in [-0.39, 0.29) is 11.1 Å². The van der Waals surface area contributed by atoms with Crippen molar-refractivity contribution in [2.24, 2.45) is 11.7 Å². The highest BCUT2D eigenvalue weighted by molar-refractivity contribution is 7.98. The van der Waals surface area contributed by atoms with Gasteiger partial charge in [0.2, 0.25) is 0 Å². The summed E-state index contributed by atoms with van der Waals surface area (Å²) in [6, 6.07) is 19.1. The number of rotatable bonds is 9. The van der Waals surface area contributed by atoms with E-state index in [2.05, 4.69) is 45.5 Å². The van der Waals surface area contributed by atoms with Gasteiger partial charge >= 0.3 is 12.4 Å². The molecular formula is C52H47F6N11O2S. The van der Waals surface area contributed by atoms with Gasteiger partial charge in [-0.1, -0.05) is 23.9 Å². The molecule has 0 spiro atoms. The molecule has 6 heterocycles. The number of carbonyl (C=O) groups is 2. The molecule has 0 aliphatic heterocycles.